The van der Waals surface area contributed by atoms with Crippen LogP contribution >= 0.6 is 0 Å². The molecule has 6 nitrogen and oxygen atoms in total. The van der Waals surface area contributed by atoms with E-state index in [4.69, 9.17) is 30.4 Å². The van der Waals surface area contributed by atoms with E-state index in [9.17, 15) is 0 Å². The van der Waals surface area contributed by atoms with E-state index in [0.29, 0.717) is 24.7 Å². The molecule has 0 radical (unpaired) electrons. The Bertz CT molecular complexity index is 410. The molecule has 0 spiro atoms. The number of nitrogens with two attached hydrogens (primary N) is 2. The summed E-state index contributed by atoms with van der Waals surface area (Å²) >= 11 is 0. The number of benzene rings is 1. The van der Waals surface area contributed by atoms with Crippen molar-refractivity contribution >= 4 is 13.3 Å². The summed E-state index contributed by atoms with van der Waals surface area (Å²) in [5.74, 6) is 1.12. The van der Waals surface area contributed by atoms with Crippen molar-refractivity contribution in [2.24, 2.45) is 11.5 Å². The van der Waals surface area contributed by atoms with Gasteiger partial charge in [0.25, 0.3) is 0 Å². The maximum atomic E-state index is 5.48. The fraction of sp³-hybridized carbons (Fsp3) is 0.455. The minimum absolute atomic E-state index is 0.0653. The van der Waals surface area contributed by atoms with Crippen LogP contribution in [-0.4, -0.2) is 34.5 Å². The third-order valence-corrected chi connectivity index (χ3v) is 2.69. The normalized spacial score (nSPS) is 15.9. The van der Waals surface area contributed by atoms with Gasteiger partial charge in [-0.1, -0.05) is 5.46 Å². The third kappa shape index (κ3) is 2.76. The summed E-state index contributed by atoms with van der Waals surface area (Å²) in [7, 11) is 1.95. The van der Waals surface area contributed by atoms with E-state index in [1.807, 2.05) is 20.0 Å². The molecule has 0 aliphatic carbocycles. The summed E-state index contributed by atoms with van der Waals surface area (Å²) in [6.45, 7) is 1.34. The van der Waals surface area contributed by atoms with Gasteiger partial charge in [0.05, 0.1) is 13.2 Å². The standard InChI is InChI=1S/C11H17BN2O4/c12-8-4-10(18-6-14)9(17-5-13)3-7(8)11-15-1-2-16-11/h3-4,11H,1-2,5-6,12-14H2. The fourth-order valence-corrected chi connectivity index (χ4v) is 1.87. The molecular weight excluding hydrogens is 235 g/mol. The minimum Gasteiger partial charge on any atom is -0.475 e. The van der Waals surface area contributed by atoms with E-state index in [-0.39, 0.29) is 19.8 Å². The molecule has 1 aromatic carbocycles. The van der Waals surface area contributed by atoms with Crippen LogP contribution in [0.1, 0.15) is 11.9 Å². The Morgan fingerprint density at radius 1 is 1.11 bits per heavy atom. The highest BCUT2D eigenvalue weighted by Crippen LogP contribution is 2.31. The highest BCUT2D eigenvalue weighted by atomic mass is 16.7. The van der Waals surface area contributed by atoms with Crippen molar-refractivity contribution < 1.29 is 18.9 Å². The molecule has 0 amide bonds. The summed E-state index contributed by atoms with van der Waals surface area (Å²) in [5.41, 5.74) is 12.7. The van der Waals surface area contributed by atoms with Crippen LogP contribution in [0.5, 0.6) is 11.5 Å². The lowest BCUT2D eigenvalue weighted by molar-refractivity contribution is -0.0435. The van der Waals surface area contributed by atoms with Crippen LogP contribution in [0.2, 0.25) is 0 Å². The van der Waals surface area contributed by atoms with Crippen LogP contribution in [-0.2, 0) is 9.47 Å². The first-order chi connectivity index (χ1) is 8.76. The molecule has 1 aliphatic heterocycles. The van der Waals surface area contributed by atoms with Crippen LogP contribution in [0.25, 0.3) is 0 Å². The molecule has 1 aliphatic rings. The van der Waals surface area contributed by atoms with E-state index in [2.05, 4.69) is 0 Å². The van der Waals surface area contributed by atoms with Crippen molar-refractivity contribution in [3.8, 4) is 11.5 Å². The van der Waals surface area contributed by atoms with Crippen LogP contribution in [0, 0.1) is 0 Å². The van der Waals surface area contributed by atoms with Gasteiger partial charge in [-0.2, -0.15) is 0 Å². The molecule has 1 fully saturated rings. The Kier molecular flexibility index (Phi) is 4.43. The molecule has 0 bridgehead atoms. The van der Waals surface area contributed by atoms with Crippen molar-refractivity contribution in [1.82, 2.24) is 0 Å². The molecular formula is C11H17BN2O4. The van der Waals surface area contributed by atoms with Gasteiger partial charge in [-0.25, -0.2) is 0 Å². The molecule has 1 saturated heterocycles. The first kappa shape index (κ1) is 13.2. The second kappa shape index (κ2) is 6.06. The van der Waals surface area contributed by atoms with Gasteiger partial charge < -0.3 is 18.9 Å². The number of hydrogen-bond donors (Lipinski definition) is 2. The van der Waals surface area contributed by atoms with Gasteiger partial charge in [-0.05, 0) is 12.1 Å². The lowest BCUT2D eigenvalue weighted by Crippen LogP contribution is -2.19. The molecule has 0 aromatic heterocycles. The van der Waals surface area contributed by atoms with E-state index >= 15 is 0 Å². The maximum Gasteiger partial charge on any atom is 0.183 e. The zero-order valence-corrected chi connectivity index (χ0v) is 10.3. The molecule has 1 heterocycles. The van der Waals surface area contributed by atoms with Gasteiger partial charge in [-0.3, -0.25) is 11.5 Å². The van der Waals surface area contributed by atoms with Crippen LogP contribution in [0.4, 0.5) is 0 Å². The van der Waals surface area contributed by atoms with Gasteiger partial charge >= 0.3 is 0 Å². The van der Waals surface area contributed by atoms with Gasteiger partial charge in [0.2, 0.25) is 0 Å². The van der Waals surface area contributed by atoms with Crippen molar-refractivity contribution in [3.05, 3.63) is 17.7 Å². The third-order valence-electron chi connectivity index (χ3n) is 2.69. The van der Waals surface area contributed by atoms with E-state index in [1.165, 1.54) is 0 Å². The predicted molar refractivity (Wildman–Crippen MR) is 68.6 cm³/mol. The largest absolute Gasteiger partial charge is 0.475 e. The first-order valence-corrected chi connectivity index (χ1v) is 5.79. The van der Waals surface area contributed by atoms with Crippen molar-refractivity contribution in [3.63, 3.8) is 0 Å². The number of hydrogen-bond acceptors (Lipinski definition) is 6. The van der Waals surface area contributed by atoms with Gasteiger partial charge in [0, 0.05) is 5.56 Å². The Labute approximate surface area is 107 Å². The van der Waals surface area contributed by atoms with E-state index in [1.54, 1.807) is 0 Å². The first-order valence-electron chi connectivity index (χ1n) is 5.79. The highest BCUT2D eigenvalue weighted by molar-refractivity contribution is 6.33. The Hall–Kier alpha value is -1.28. The number of rotatable bonds is 5. The zero-order valence-electron chi connectivity index (χ0n) is 10.3. The summed E-state index contributed by atoms with van der Waals surface area (Å²) in [4.78, 5) is 0. The van der Waals surface area contributed by atoms with Crippen LogP contribution in [0.15, 0.2) is 12.1 Å². The van der Waals surface area contributed by atoms with Gasteiger partial charge in [0.15, 0.2) is 17.8 Å². The van der Waals surface area contributed by atoms with Crippen molar-refractivity contribution in [2.45, 2.75) is 6.29 Å². The average molecular weight is 252 g/mol. The van der Waals surface area contributed by atoms with Gasteiger partial charge in [0.1, 0.15) is 21.3 Å². The van der Waals surface area contributed by atoms with E-state index in [0.717, 1.165) is 11.0 Å². The fourth-order valence-electron chi connectivity index (χ4n) is 1.87. The van der Waals surface area contributed by atoms with Crippen LogP contribution < -0.4 is 26.4 Å². The average Bonchev–Trinajstić information content (AvgIpc) is 2.86. The molecule has 2 rings (SSSR count). The second-order valence-electron chi connectivity index (χ2n) is 3.85. The quantitative estimate of drug-likeness (QED) is 0.494. The summed E-state index contributed by atoms with van der Waals surface area (Å²) in [6, 6.07) is 3.67. The van der Waals surface area contributed by atoms with Crippen molar-refractivity contribution in [1.29, 1.82) is 0 Å². The molecule has 0 unspecified atom stereocenters. The lowest BCUT2D eigenvalue weighted by Gasteiger charge is -2.17. The molecule has 4 N–H and O–H groups in total. The minimum atomic E-state index is -0.350. The monoisotopic (exact) mass is 252 g/mol. The van der Waals surface area contributed by atoms with Gasteiger partial charge in [-0.15, -0.1) is 0 Å². The maximum absolute atomic E-state index is 5.48. The van der Waals surface area contributed by atoms with E-state index < -0.39 is 0 Å². The summed E-state index contributed by atoms with van der Waals surface area (Å²) in [6.07, 6.45) is -0.350. The Morgan fingerprint density at radius 2 is 1.67 bits per heavy atom. The predicted octanol–water partition coefficient (Wildman–Crippen LogP) is -1.42. The van der Waals surface area contributed by atoms with Crippen LogP contribution in [0.3, 0.4) is 0 Å². The summed E-state index contributed by atoms with van der Waals surface area (Å²) < 4.78 is 21.6. The smallest absolute Gasteiger partial charge is 0.183 e. The highest BCUT2D eigenvalue weighted by Gasteiger charge is 2.22. The molecule has 0 atom stereocenters. The molecule has 18 heavy (non-hydrogen) atoms. The zero-order chi connectivity index (χ0) is 13.0. The SMILES string of the molecule is Bc1cc(OCN)c(OCN)cc1C1OCCO1. The van der Waals surface area contributed by atoms with Crippen molar-refractivity contribution in [2.75, 3.05) is 26.7 Å². The molecule has 7 heteroatoms. The molecule has 1 aromatic rings. The molecule has 98 valence electrons. The Morgan fingerprint density at radius 3 is 2.22 bits per heavy atom. The number of ether oxygens (including phenoxy) is 4. The second-order valence-corrected chi connectivity index (χ2v) is 3.85. The topological polar surface area (TPSA) is 89.0 Å². The molecule has 0 saturated carbocycles. The lowest BCUT2D eigenvalue weighted by atomic mass is 9.89. The Balaban J connectivity index is 2.32. The summed E-state index contributed by atoms with van der Waals surface area (Å²) in [5, 5.41) is 0.